The lowest BCUT2D eigenvalue weighted by Crippen LogP contribution is -2.25. The van der Waals surface area contributed by atoms with Gasteiger partial charge in [0.2, 0.25) is 5.91 Å². The van der Waals surface area contributed by atoms with E-state index < -0.39 is 0 Å². The molecule has 134 valence electrons. The summed E-state index contributed by atoms with van der Waals surface area (Å²) >= 11 is 1.09. The van der Waals surface area contributed by atoms with Gasteiger partial charge >= 0.3 is 4.87 Å². The number of benzene rings is 2. The van der Waals surface area contributed by atoms with Crippen LogP contribution in [0, 0.1) is 20.8 Å². The molecule has 1 aromatic heterocycles. The van der Waals surface area contributed by atoms with Gasteiger partial charge in [-0.3, -0.25) is 14.2 Å². The van der Waals surface area contributed by atoms with Crippen LogP contribution in [0.2, 0.25) is 0 Å². The topological polar surface area (TPSA) is 60.3 Å². The van der Waals surface area contributed by atoms with Crippen molar-refractivity contribution in [2.24, 2.45) is 0 Å². The van der Waals surface area contributed by atoms with Crippen molar-refractivity contribution in [1.82, 2.24) is 4.57 Å². The van der Waals surface area contributed by atoms with Gasteiger partial charge in [0.25, 0.3) is 0 Å². The number of nitrogens with one attached hydrogen (secondary N) is 1. The first-order chi connectivity index (χ1) is 12.4. The highest BCUT2D eigenvalue weighted by Crippen LogP contribution is 2.25. The summed E-state index contributed by atoms with van der Waals surface area (Å²) in [5.74, 6) is 1.24. The number of carbonyl (C=O) groups excluding carboxylic acids is 1. The minimum Gasteiger partial charge on any atom is -0.457 e. The number of amides is 1. The van der Waals surface area contributed by atoms with E-state index in [1.165, 1.54) is 4.57 Å². The lowest BCUT2D eigenvalue weighted by Gasteiger charge is -2.10. The SMILES string of the molecule is Cc1cc(C)cc(Oc2ccc(NC(=O)Cn3c(C)csc3=O)cc2)c1. The molecule has 26 heavy (non-hydrogen) atoms. The summed E-state index contributed by atoms with van der Waals surface area (Å²) in [6.07, 6.45) is 0. The largest absolute Gasteiger partial charge is 0.457 e. The predicted octanol–water partition coefficient (Wildman–Crippen LogP) is 4.27. The zero-order valence-electron chi connectivity index (χ0n) is 14.9. The average molecular weight is 368 g/mol. The van der Waals surface area contributed by atoms with Crippen LogP contribution >= 0.6 is 11.3 Å². The molecular weight excluding hydrogens is 348 g/mol. The van der Waals surface area contributed by atoms with E-state index in [-0.39, 0.29) is 17.3 Å². The van der Waals surface area contributed by atoms with E-state index in [1.54, 1.807) is 29.6 Å². The third kappa shape index (κ3) is 4.40. The van der Waals surface area contributed by atoms with E-state index in [9.17, 15) is 9.59 Å². The van der Waals surface area contributed by atoms with E-state index >= 15 is 0 Å². The van der Waals surface area contributed by atoms with Crippen LogP contribution in [0.4, 0.5) is 5.69 Å². The molecule has 0 saturated carbocycles. The van der Waals surface area contributed by atoms with Crippen LogP contribution < -0.4 is 14.9 Å². The van der Waals surface area contributed by atoms with Crippen LogP contribution in [0.5, 0.6) is 11.5 Å². The van der Waals surface area contributed by atoms with E-state index in [0.29, 0.717) is 11.4 Å². The van der Waals surface area contributed by atoms with Gasteiger partial charge in [0.05, 0.1) is 0 Å². The molecule has 1 N–H and O–H groups in total. The molecule has 0 fully saturated rings. The number of nitrogens with zero attached hydrogens (tertiary/aromatic N) is 1. The molecule has 0 atom stereocenters. The molecule has 3 aromatic rings. The van der Waals surface area contributed by atoms with Gasteiger partial charge in [-0.25, -0.2) is 0 Å². The molecule has 5 nitrogen and oxygen atoms in total. The zero-order chi connectivity index (χ0) is 18.7. The summed E-state index contributed by atoms with van der Waals surface area (Å²) in [6, 6.07) is 13.2. The minimum absolute atomic E-state index is 0.00892. The summed E-state index contributed by atoms with van der Waals surface area (Å²) in [7, 11) is 0. The Bertz CT molecular complexity index is 967. The molecule has 0 spiro atoms. The molecule has 1 heterocycles. The first-order valence-electron chi connectivity index (χ1n) is 8.22. The van der Waals surface area contributed by atoms with E-state index in [2.05, 4.69) is 11.4 Å². The lowest BCUT2D eigenvalue weighted by atomic mass is 10.1. The molecular formula is C20H20N2O3S. The predicted molar refractivity (Wildman–Crippen MR) is 104 cm³/mol. The summed E-state index contributed by atoms with van der Waals surface area (Å²) < 4.78 is 7.32. The fourth-order valence-corrected chi connectivity index (χ4v) is 3.41. The number of aromatic nitrogens is 1. The minimum atomic E-state index is -0.239. The van der Waals surface area contributed by atoms with Gasteiger partial charge in [-0.1, -0.05) is 17.4 Å². The smallest absolute Gasteiger partial charge is 0.307 e. The van der Waals surface area contributed by atoms with Crippen molar-refractivity contribution < 1.29 is 9.53 Å². The highest BCUT2D eigenvalue weighted by atomic mass is 32.1. The number of ether oxygens (including phenoxy) is 1. The van der Waals surface area contributed by atoms with Gasteiger partial charge in [-0.05, 0) is 68.3 Å². The summed E-state index contributed by atoms with van der Waals surface area (Å²) in [5, 5.41) is 4.54. The molecule has 0 saturated heterocycles. The second-order valence-corrected chi connectivity index (χ2v) is 7.05. The summed E-state index contributed by atoms with van der Waals surface area (Å²) in [5.41, 5.74) is 3.72. The van der Waals surface area contributed by atoms with Crippen LogP contribution in [0.15, 0.2) is 52.6 Å². The molecule has 0 aliphatic carbocycles. The standard InChI is InChI=1S/C20H20N2O3S/c1-13-8-14(2)10-18(9-13)25-17-6-4-16(5-7-17)21-19(23)11-22-15(3)12-26-20(22)24/h4-10,12H,11H2,1-3H3,(H,21,23). The van der Waals surface area contributed by atoms with Crippen molar-refractivity contribution in [3.05, 3.63) is 74.3 Å². The second-order valence-electron chi connectivity index (χ2n) is 6.23. The fourth-order valence-electron chi connectivity index (χ4n) is 2.67. The van der Waals surface area contributed by atoms with Crippen molar-refractivity contribution in [3.63, 3.8) is 0 Å². The molecule has 2 aromatic carbocycles. The van der Waals surface area contributed by atoms with Crippen molar-refractivity contribution in [2.75, 3.05) is 5.32 Å². The first kappa shape index (κ1) is 17.9. The van der Waals surface area contributed by atoms with E-state index in [0.717, 1.165) is 33.9 Å². The number of rotatable bonds is 5. The highest BCUT2D eigenvalue weighted by molar-refractivity contribution is 7.07. The highest BCUT2D eigenvalue weighted by Gasteiger charge is 2.09. The molecule has 0 unspecified atom stereocenters. The Morgan fingerprint density at radius 3 is 2.27 bits per heavy atom. The second kappa shape index (κ2) is 7.58. The molecule has 6 heteroatoms. The lowest BCUT2D eigenvalue weighted by molar-refractivity contribution is -0.116. The number of carbonyl (C=O) groups is 1. The third-order valence-electron chi connectivity index (χ3n) is 3.85. The van der Waals surface area contributed by atoms with Gasteiger partial charge in [-0.15, -0.1) is 0 Å². The normalized spacial score (nSPS) is 10.6. The number of aryl methyl sites for hydroxylation is 3. The zero-order valence-corrected chi connectivity index (χ0v) is 15.7. The Kier molecular flexibility index (Phi) is 5.23. The van der Waals surface area contributed by atoms with Gasteiger partial charge in [-0.2, -0.15) is 0 Å². The monoisotopic (exact) mass is 368 g/mol. The van der Waals surface area contributed by atoms with Crippen LogP contribution in [0.3, 0.4) is 0 Å². The number of anilines is 1. The Labute approximate surface area is 155 Å². The maximum Gasteiger partial charge on any atom is 0.307 e. The molecule has 0 aliphatic rings. The first-order valence-corrected chi connectivity index (χ1v) is 9.10. The molecule has 0 radical (unpaired) electrons. The van der Waals surface area contributed by atoms with Gasteiger partial charge in [0, 0.05) is 16.8 Å². The fraction of sp³-hybridized carbons (Fsp3) is 0.200. The maximum absolute atomic E-state index is 12.1. The summed E-state index contributed by atoms with van der Waals surface area (Å²) in [4.78, 5) is 23.7. The van der Waals surface area contributed by atoms with Crippen LogP contribution in [-0.2, 0) is 11.3 Å². The Morgan fingerprint density at radius 2 is 1.69 bits per heavy atom. The Balaban J connectivity index is 1.64. The van der Waals surface area contributed by atoms with Gasteiger partial charge in [0.15, 0.2) is 0 Å². The average Bonchev–Trinajstić information content (AvgIpc) is 2.88. The van der Waals surface area contributed by atoms with Crippen molar-refractivity contribution in [3.8, 4) is 11.5 Å². The maximum atomic E-state index is 12.1. The number of thiazole rings is 1. The van der Waals surface area contributed by atoms with Crippen molar-refractivity contribution >= 4 is 22.9 Å². The number of hydrogen-bond acceptors (Lipinski definition) is 4. The van der Waals surface area contributed by atoms with Crippen LogP contribution in [0.25, 0.3) is 0 Å². The molecule has 0 aliphatic heterocycles. The third-order valence-corrected chi connectivity index (χ3v) is 4.73. The quantitative estimate of drug-likeness (QED) is 0.732. The summed E-state index contributed by atoms with van der Waals surface area (Å²) in [6.45, 7) is 5.87. The van der Waals surface area contributed by atoms with E-state index in [4.69, 9.17) is 4.74 Å². The number of hydrogen-bond donors (Lipinski definition) is 1. The molecule has 0 bridgehead atoms. The molecule has 3 rings (SSSR count). The van der Waals surface area contributed by atoms with E-state index in [1.807, 2.05) is 32.9 Å². The van der Waals surface area contributed by atoms with Crippen molar-refractivity contribution in [2.45, 2.75) is 27.3 Å². The molecule has 1 amide bonds. The Hall–Kier alpha value is -2.86. The van der Waals surface area contributed by atoms with Crippen LogP contribution in [-0.4, -0.2) is 10.5 Å². The van der Waals surface area contributed by atoms with Crippen LogP contribution in [0.1, 0.15) is 16.8 Å². The Morgan fingerprint density at radius 1 is 1.04 bits per heavy atom. The van der Waals surface area contributed by atoms with Gasteiger partial charge in [0.1, 0.15) is 18.0 Å². The van der Waals surface area contributed by atoms with Crippen molar-refractivity contribution in [1.29, 1.82) is 0 Å². The van der Waals surface area contributed by atoms with Gasteiger partial charge < -0.3 is 10.1 Å².